The van der Waals surface area contributed by atoms with Gasteiger partial charge in [0.05, 0.1) is 6.10 Å². The largest absolute Gasteiger partial charge is 0.376 e. The zero-order chi connectivity index (χ0) is 20.1. The lowest BCUT2D eigenvalue weighted by Crippen LogP contribution is -2.17. The number of terminal acetylenes is 1. The number of carbonyl (C=O) groups excluding carboxylic acids is 1. The smallest absolute Gasteiger partial charge is 0.266 e. The molecular formula is C23H23N3O2. The Labute approximate surface area is 165 Å². The molecule has 1 aliphatic heterocycles. The Balaban J connectivity index is 1.81. The molecule has 1 N–H and O–H groups in total. The zero-order valence-corrected chi connectivity index (χ0v) is 16.2. The summed E-state index contributed by atoms with van der Waals surface area (Å²) in [6.07, 6.45) is 9.40. The van der Waals surface area contributed by atoms with E-state index in [-0.39, 0.29) is 11.7 Å². The Morgan fingerprint density at radius 1 is 1.43 bits per heavy atom. The SMILES string of the molecule is C#Cc1cccc(NC(=O)/C(C#N)=C/c2cc(C)n(CC3CCCO3)c2C)c1. The number of benzene rings is 1. The number of aryl methyl sites for hydroxylation is 1. The van der Waals surface area contributed by atoms with Crippen molar-refractivity contribution >= 4 is 17.7 Å². The molecule has 28 heavy (non-hydrogen) atoms. The van der Waals surface area contributed by atoms with E-state index in [1.165, 1.54) is 0 Å². The number of hydrogen-bond acceptors (Lipinski definition) is 3. The standard InChI is InChI=1S/C23H23N3O2/c1-4-18-7-5-8-21(12-18)25-23(27)20(14-24)13-19-11-16(2)26(17(19)3)15-22-9-6-10-28-22/h1,5,7-8,11-13,22H,6,9-10,15H2,2-3H3,(H,25,27)/b20-13+. The number of nitriles is 1. The Morgan fingerprint density at radius 2 is 2.25 bits per heavy atom. The average molecular weight is 373 g/mol. The lowest BCUT2D eigenvalue weighted by molar-refractivity contribution is -0.112. The number of nitrogens with one attached hydrogen (secondary N) is 1. The minimum absolute atomic E-state index is 0.0449. The minimum atomic E-state index is -0.458. The van der Waals surface area contributed by atoms with Crippen molar-refractivity contribution < 1.29 is 9.53 Å². The van der Waals surface area contributed by atoms with Crippen LogP contribution in [0.1, 0.15) is 35.4 Å². The maximum Gasteiger partial charge on any atom is 0.266 e. The van der Waals surface area contributed by atoms with Gasteiger partial charge in [0, 0.05) is 35.8 Å². The Hall–Kier alpha value is -3.28. The summed E-state index contributed by atoms with van der Waals surface area (Å²) in [6, 6.07) is 11.0. The number of hydrogen-bond donors (Lipinski definition) is 1. The van der Waals surface area contributed by atoms with Gasteiger partial charge in [-0.25, -0.2) is 0 Å². The van der Waals surface area contributed by atoms with Crippen LogP contribution in [-0.4, -0.2) is 23.2 Å². The highest BCUT2D eigenvalue weighted by Crippen LogP contribution is 2.22. The van der Waals surface area contributed by atoms with E-state index in [0.29, 0.717) is 11.3 Å². The third-order valence-electron chi connectivity index (χ3n) is 4.98. The lowest BCUT2D eigenvalue weighted by atomic mass is 10.1. The van der Waals surface area contributed by atoms with Crippen molar-refractivity contribution in [3.63, 3.8) is 0 Å². The van der Waals surface area contributed by atoms with E-state index in [4.69, 9.17) is 11.2 Å². The first kappa shape index (κ1) is 19.5. The van der Waals surface area contributed by atoms with Crippen LogP contribution in [0.2, 0.25) is 0 Å². The van der Waals surface area contributed by atoms with Gasteiger partial charge in [0.25, 0.3) is 5.91 Å². The van der Waals surface area contributed by atoms with Crippen molar-refractivity contribution in [1.29, 1.82) is 5.26 Å². The summed E-state index contributed by atoms with van der Waals surface area (Å²) in [6.45, 7) is 5.63. The van der Waals surface area contributed by atoms with E-state index < -0.39 is 5.91 Å². The first-order valence-electron chi connectivity index (χ1n) is 9.30. The molecule has 1 saturated heterocycles. The van der Waals surface area contributed by atoms with Crippen LogP contribution in [0.4, 0.5) is 5.69 Å². The van der Waals surface area contributed by atoms with Crippen LogP contribution in [0.3, 0.4) is 0 Å². The molecule has 1 fully saturated rings. The van der Waals surface area contributed by atoms with Crippen LogP contribution in [-0.2, 0) is 16.1 Å². The summed E-state index contributed by atoms with van der Waals surface area (Å²) < 4.78 is 7.92. The molecule has 142 valence electrons. The van der Waals surface area contributed by atoms with E-state index in [1.807, 2.05) is 26.0 Å². The predicted octanol–water partition coefficient (Wildman–Crippen LogP) is 3.81. The molecule has 1 atom stereocenters. The number of aromatic nitrogens is 1. The summed E-state index contributed by atoms with van der Waals surface area (Å²) >= 11 is 0. The summed E-state index contributed by atoms with van der Waals surface area (Å²) in [5, 5.41) is 12.2. The van der Waals surface area contributed by atoms with Gasteiger partial charge in [-0.05, 0) is 62.6 Å². The normalized spacial score (nSPS) is 16.4. The minimum Gasteiger partial charge on any atom is -0.376 e. The average Bonchev–Trinajstić information content (AvgIpc) is 3.30. The van der Waals surface area contributed by atoms with Crippen molar-refractivity contribution in [2.24, 2.45) is 0 Å². The van der Waals surface area contributed by atoms with E-state index >= 15 is 0 Å². The molecule has 0 aliphatic carbocycles. The second-order valence-corrected chi connectivity index (χ2v) is 6.92. The fraction of sp³-hybridized carbons (Fsp3) is 0.304. The number of rotatable bonds is 5. The molecule has 1 aromatic heterocycles. The maximum absolute atomic E-state index is 12.5. The molecule has 5 nitrogen and oxygen atoms in total. The van der Waals surface area contributed by atoms with Crippen LogP contribution < -0.4 is 5.32 Å². The highest BCUT2D eigenvalue weighted by atomic mass is 16.5. The third-order valence-corrected chi connectivity index (χ3v) is 4.98. The van der Waals surface area contributed by atoms with Crippen LogP contribution in [0.15, 0.2) is 35.9 Å². The van der Waals surface area contributed by atoms with Gasteiger partial charge < -0.3 is 14.6 Å². The molecule has 0 saturated carbocycles. The van der Waals surface area contributed by atoms with E-state index in [2.05, 4.69) is 15.8 Å². The first-order chi connectivity index (χ1) is 13.5. The van der Waals surface area contributed by atoms with Crippen LogP contribution in [0.5, 0.6) is 0 Å². The second-order valence-electron chi connectivity index (χ2n) is 6.92. The quantitative estimate of drug-likeness (QED) is 0.492. The molecule has 0 bridgehead atoms. The van der Waals surface area contributed by atoms with Crippen LogP contribution >= 0.6 is 0 Å². The van der Waals surface area contributed by atoms with Gasteiger partial charge in [-0.2, -0.15) is 5.26 Å². The Morgan fingerprint density at radius 3 is 2.93 bits per heavy atom. The van der Waals surface area contributed by atoms with Gasteiger partial charge in [0.2, 0.25) is 0 Å². The predicted molar refractivity (Wildman–Crippen MR) is 109 cm³/mol. The van der Waals surface area contributed by atoms with Gasteiger partial charge in [-0.3, -0.25) is 4.79 Å². The zero-order valence-electron chi connectivity index (χ0n) is 16.2. The van der Waals surface area contributed by atoms with Crippen molar-refractivity contribution in [3.05, 3.63) is 58.4 Å². The molecule has 1 unspecified atom stereocenters. The second kappa shape index (κ2) is 8.61. The molecule has 3 rings (SSSR count). The van der Waals surface area contributed by atoms with E-state index in [1.54, 1.807) is 30.3 Å². The van der Waals surface area contributed by atoms with E-state index in [0.717, 1.165) is 42.9 Å². The molecule has 1 aliphatic rings. The number of nitrogens with zero attached hydrogens (tertiary/aromatic N) is 2. The summed E-state index contributed by atoms with van der Waals surface area (Å²) in [7, 11) is 0. The Bertz CT molecular complexity index is 996. The van der Waals surface area contributed by atoms with Gasteiger partial charge >= 0.3 is 0 Å². The van der Waals surface area contributed by atoms with Crippen molar-refractivity contribution in [2.75, 3.05) is 11.9 Å². The fourth-order valence-electron chi connectivity index (χ4n) is 3.44. The number of carbonyl (C=O) groups is 1. The summed E-state index contributed by atoms with van der Waals surface area (Å²) in [5.41, 5.74) is 4.23. The van der Waals surface area contributed by atoms with Crippen molar-refractivity contribution in [3.8, 4) is 18.4 Å². The van der Waals surface area contributed by atoms with Gasteiger partial charge in [-0.15, -0.1) is 6.42 Å². The molecule has 5 heteroatoms. The van der Waals surface area contributed by atoms with Gasteiger partial charge in [-0.1, -0.05) is 12.0 Å². The highest BCUT2D eigenvalue weighted by Gasteiger charge is 2.19. The Kier molecular flexibility index (Phi) is 5.99. The number of ether oxygens (including phenoxy) is 1. The molecular weight excluding hydrogens is 350 g/mol. The topological polar surface area (TPSA) is 67.0 Å². The molecule has 0 radical (unpaired) electrons. The van der Waals surface area contributed by atoms with Crippen molar-refractivity contribution in [2.45, 2.75) is 39.3 Å². The lowest BCUT2D eigenvalue weighted by Gasteiger charge is -2.14. The summed E-state index contributed by atoms with van der Waals surface area (Å²) in [5.74, 6) is 2.07. The maximum atomic E-state index is 12.5. The third kappa shape index (κ3) is 4.34. The van der Waals surface area contributed by atoms with Gasteiger partial charge in [0.1, 0.15) is 11.6 Å². The van der Waals surface area contributed by atoms with Gasteiger partial charge in [0.15, 0.2) is 0 Å². The molecule has 1 amide bonds. The molecule has 0 spiro atoms. The molecule has 1 aromatic carbocycles. The monoisotopic (exact) mass is 373 g/mol. The first-order valence-corrected chi connectivity index (χ1v) is 9.30. The van der Waals surface area contributed by atoms with Crippen LogP contribution in [0.25, 0.3) is 6.08 Å². The van der Waals surface area contributed by atoms with Crippen molar-refractivity contribution in [1.82, 2.24) is 4.57 Å². The fourth-order valence-corrected chi connectivity index (χ4v) is 3.44. The molecule has 2 heterocycles. The number of amides is 1. The van der Waals surface area contributed by atoms with E-state index in [9.17, 15) is 10.1 Å². The highest BCUT2D eigenvalue weighted by molar-refractivity contribution is 6.09. The summed E-state index contributed by atoms with van der Waals surface area (Å²) in [4.78, 5) is 12.5. The van der Waals surface area contributed by atoms with Crippen LogP contribution in [0, 0.1) is 37.5 Å². The number of anilines is 1. The molecule has 2 aromatic rings.